The molecule has 3 N–H and O–H groups in total. The number of nitrogens with two attached hydrogens (primary N) is 1. The minimum Gasteiger partial charge on any atom is -0.377 e. The van der Waals surface area contributed by atoms with E-state index in [9.17, 15) is 0 Å². The molecule has 1 aliphatic carbocycles. The van der Waals surface area contributed by atoms with Crippen molar-refractivity contribution in [2.75, 3.05) is 5.32 Å². The van der Waals surface area contributed by atoms with Gasteiger partial charge in [0.2, 0.25) is 0 Å². The van der Waals surface area contributed by atoms with E-state index in [1.165, 1.54) is 11.1 Å². The number of nitrogens with one attached hydrogen (secondary N) is 1. The fourth-order valence-corrected chi connectivity index (χ4v) is 2.98. The molecule has 2 nitrogen and oxygen atoms in total. The molecule has 0 radical (unpaired) electrons. The Balaban J connectivity index is 1.90. The van der Waals surface area contributed by atoms with Crippen LogP contribution in [0.4, 0.5) is 5.69 Å². The van der Waals surface area contributed by atoms with Gasteiger partial charge in [0.05, 0.1) is 6.04 Å². The maximum Gasteiger partial charge on any atom is 0.0535 e. The van der Waals surface area contributed by atoms with Crippen LogP contribution in [0.5, 0.6) is 0 Å². The molecule has 2 aromatic rings. The SMILES string of the molecule is NC1CC(Nc2ccccc2Br)c2ccccc21. The summed E-state index contributed by atoms with van der Waals surface area (Å²) in [6.45, 7) is 0. The molecule has 3 rings (SSSR count). The minimum atomic E-state index is 0.140. The van der Waals surface area contributed by atoms with Gasteiger partial charge in [0.15, 0.2) is 0 Å². The van der Waals surface area contributed by atoms with Gasteiger partial charge in [0, 0.05) is 16.2 Å². The Hall–Kier alpha value is -1.32. The smallest absolute Gasteiger partial charge is 0.0535 e. The Kier molecular flexibility index (Phi) is 3.10. The lowest BCUT2D eigenvalue weighted by Gasteiger charge is -2.16. The highest BCUT2D eigenvalue weighted by molar-refractivity contribution is 9.10. The number of anilines is 1. The lowest BCUT2D eigenvalue weighted by molar-refractivity contribution is 0.648. The Morgan fingerprint density at radius 3 is 2.44 bits per heavy atom. The second kappa shape index (κ2) is 4.75. The van der Waals surface area contributed by atoms with Crippen molar-refractivity contribution in [2.45, 2.75) is 18.5 Å². The van der Waals surface area contributed by atoms with E-state index in [4.69, 9.17) is 5.73 Å². The predicted octanol–water partition coefficient (Wildman–Crippen LogP) is 4.01. The number of hydrogen-bond acceptors (Lipinski definition) is 2. The van der Waals surface area contributed by atoms with E-state index < -0.39 is 0 Å². The van der Waals surface area contributed by atoms with Crippen molar-refractivity contribution in [3.8, 4) is 0 Å². The summed E-state index contributed by atoms with van der Waals surface area (Å²) in [5, 5.41) is 3.57. The van der Waals surface area contributed by atoms with E-state index in [0.29, 0.717) is 6.04 Å². The second-order valence-corrected chi connectivity index (χ2v) is 5.50. The Bertz CT molecular complexity index is 568. The lowest BCUT2D eigenvalue weighted by atomic mass is 10.1. The van der Waals surface area contributed by atoms with Gasteiger partial charge in [-0.3, -0.25) is 0 Å². The zero-order valence-corrected chi connectivity index (χ0v) is 11.5. The monoisotopic (exact) mass is 302 g/mol. The van der Waals surface area contributed by atoms with Crippen molar-refractivity contribution in [3.63, 3.8) is 0 Å². The first-order chi connectivity index (χ1) is 8.75. The van der Waals surface area contributed by atoms with E-state index in [0.717, 1.165) is 16.6 Å². The van der Waals surface area contributed by atoms with Crippen molar-refractivity contribution in [3.05, 3.63) is 64.1 Å². The summed E-state index contributed by atoms with van der Waals surface area (Å²) in [5.74, 6) is 0. The molecule has 0 heterocycles. The molecule has 0 spiro atoms. The van der Waals surface area contributed by atoms with Crippen molar-refractivity contribution in [1.29, 1.82) is 0 Å². The highest BCUT2D eigenvalue weighted by atomic mass is 79.9. The third-order valence-corrected chi connectivity index (χ3v) is 4.16. The topological polar surface area (TPSA) is 38.0 Å². The Labute approximate surface area is 115 Å². The van der Waals surface area contributed by atoms with Crippen LogP contribution in [0.3, 0.4) is 0 Å². The molecule has 2 atom stereocenters. The zero-order chi connectivity index (χ0) is 12.5. The summed E-state index contributed by atoms with van der Waals surface area (Å²) >= 11 is 3.56. The molecule has 2 aromatic carbocycles. The Morgan fingerprint density at radius 1 is 1.00 bits per heavy atom. The maximum atomic E-state index is 6.18. The van der Waals surface area contributed by atoms with Gasteiger partial charge < -0.3 is 11.1 Å². The maximum absolute atomic E-state index is 6.18. The summed E-state index contributed by atoms with van der Waals surface area (Å²) in [7, 11) is 0. The number of para-hydroxylation sites is 1. The van der Waals surface area contributed by atoms with Crippen LogP contribution in [-0.4, -0.2) is 0 Å². The molecular weight excluding hydrogens is 288 g/mol. The molecule has 2 unspecified atom stereocenters. The average Bonchev–Trinajstić information content (AvgIpc) is 2.70. The molecule has 1 aliphatic rings. The first-order valence-corrected chi connectivity index (χ1v) is 6.90. The lowest BCUT2D eigenvalue weighted by Crippen LogP contribution is -2.10. The molecule has 3 heteroatoms. The van der Waals surface area contributed by atoms with Crippen LogP contribution in [-0.2, 0) is 0 Å². The molecule has 0 saturated carbocycles. The predicted molar refractivity (Wildman–Crippen MR) is 78.5 cm³/mol. The van der Waals surface area contributed by atoms with Crippen molar-refractivity contribution >= 4 is 21.6 Å². The second-order valence-electron chi connectivity index (χ2n) is 4.65. The highest BCUT2D eigenvalue weighted by Crippen LogP contribution is 2.39. The van der Waals surface area contributed by atoms with Crippen molar-refractivity contribution < 1.29 is 0 Å². The Morgan fingerprint density at radius 2 is 1.67 bits per heavy atom. The number of hydrogen-bond donors (Lipinski definition) is 2. The van der Waals surface area contributed by atoms with Crippen LogP contribution in [0.25, 0.3) is 0 Å². The van der Waals surface area contributed by atoms with Crippen LogP contribution in [0.2, 0.25) is 0 Å². The average molecular weight is 303 g/mol. The standard InChI is InChI=1S/C15H15BrN2/c16-12-7-3-4-8-14(12)18-15-9-13(17)10-5-1-2-6-11(10)15/h1-8,13,15,18H,9,17H2. The molecule has 0 amide bonds. The minimum absolute atomic E-state index is 0.140. The molecule has 0 aromatic heterocycles. The van der Waals surface area contributed by atoms with E-state index in [1.54, 1.807) is 0 Å². The fourth-order valence-electron chi connectivity index (χ4n) is 2.58. The summed E-state index contributed by atoms with van der Waals surface area (Å²) in [5.41, 5.74) is 9.88. The quantitative estimate of drug-likeness (QED) is 0.880. The van der Waals surface area contributed by atoms with Gasteiger partial charge in [-0.05, 0) is 45.6 Å². The first kappa shape index (κ1) is 11.8. The van der Waals surface area contributed by atoms with Crippen LogP contribution in [0.15, 0.2) is 53.0 Å². The molecule has 0 saturated heterocycles. The summed E-state index contributed by atoms with van der Waals surface area (Å²) < 4.78 is 1.09. The molecular formula is C15H15BrN2. The fraction of sp³-hybridized carbons (Fsp3) is 0.200. The number of fused-ring (bicyclic) bond motifs is 1. The van der Waals surface area contributed by atoms with Crippen LogP contribution in [0.1, 0.15) is 29.6 Å². The van der Waals surface area contributed by atoms with Gasteiger partial charge in [-0.2, -0.15) is 0 Å². The molecule has 18 heavy (non-hydrogen) atoms. The summed E-state index contributed by atoms with van der Waals surface area (Å²) in [6, 6.07) is 17.0. The summed E-state index contributed by atoms with van der Waals surface area (Å²) in [6.07, 6.45) is 0.945. The molecule has 0 fully saturated rings. The third-order valence-electron chi connectivity index (χ3n) is 3.46. The zero-order valence-electron chi connectivity index (χ0n) is 9.94. The van der Waals surface area contributed by atoms with Crippen LogP contribution < -0.4 is 11.1 Å². The van der Waals surface area contributed by atoms with Crippen molar-refractivity contribution in [1.82, 2.24) is 0 Å². The number of benzene rings is 2. The van der Waals surface area contributed by atoms with Crippen LogP contribution in [0, 0.1) is 0 Å². The third kappa shape index (κ3) is 2.04. The van der Waals surface area contributed by atoms with Gasteiger partial charge >= 0.3 is 0 Å². The van der Waals surface area contributed by atoms with Gasteiger partial charge in [-0.15, -0.1) is 0 Å². The molecule has 0 bridgehead atoms. The highest BCUT2D eigenvalue weighted by Gasteiger charge is 2.28. The molecule has 0 aliphatic heterocycles. The normalized spacial score (nSPS) is 21.7. The van der Waals surface area contributed by atoms with Gasteiger partial charge in [0.25, 0.3) is 0 Å². The van der Waals surface area contributed by atoms with E-state index in [-0.39, 0.29) is 6.04 Å². The van der Waals surface area contributed by atoms with E-state index in [2.05, 4.69) is 51.6 Å². The largest absolute Gasteiger partial charge is 0.377 e. The van der Waals surface area contributed by atoms with Gasteiger partial charge in [-0.25, -0.2) is 0 Å². The number of rotatable bonds is 2. The van der Waals surface area contributed by atoms with Crippen LogP contribution >= 0.6 is 15.9 Å². The molecule has 92 valence electrons. The first-order valence-electron chi connectivity index (χ1n) is 6.11. The van der Waals surface area contributed by atoms with Gasteiger partial charge in [0.1, 0.15) is 0 Å². The van der Waals surface area contributed by atoms with Crippen molar-refractivity contribution in [2.24, 2.45) is 5.73 Å². The van der Waals surface area contributed by atoms with E-state index >= 15 is 0 Å². The van der Waals surface area contributed by atoms with Gasteiger partial charge in [-0.1, -0.05) is 36.4 Å². The number of halogens is 1. The van der Waals surface area contributed by atoms with E-state index in [1.807, 2.05) is 18.2 Å². The summed E-state index contributed by atoms with van der Waals surface area (Å²) in [4.78, 5) is 0.